The zero-order valence-electron chi connectivity index (χ0n) is 19.4. The Kier molecular flexibility index (Phi) is 6.05. The minimum atomic E-state index is -0.293. The smallest absolute Gasteiger partial charge is 0.248 e. The van der Waals surface area contributed by atoms with Crippen molar-refractivity contribution >= 4 is 28.1 Å². The number of ether oxygens (including phenoxy) is 1. The maximum Gasteiger partial charge on any atom is 0.248 e. The molecule has 0 fully saturated rings. The first-order valence-corrected chi connectivity index (χ1v) is 10.7. The first-order chi connectivity index (χ1) is 15.8. The van der Waals surface area contributed by atoms with Crippen molar-refractivity contribution in [1.29, 1.82) is 0 Å². The number of allylic oxidation sites excluding steroid dienone is 1. The molecular weight excluding hydrogens is 417 g/mol. The van der Waals surface area contributed by atoms with E-state index in [1.54, 1.807) is 31.6 Å². The van der Waals surface area contributed by atoms with Crippen molar-refractivity contribution in [1.82, 2.24) is 0 Å². The molecule has 1 heterocycles. The summed E-state index contributed by atoms with van der Waals surface area (Å²) < 4.78 is 25.0. The predicted octanol–water partition coefficient (Wildman–Crippen LogP) is 7.21. The van der Waals surface area contributed by atoms with Gasteiger partial charge >= 0.3 is 0 Å². The van der Waals surface area contributed by atoms with Crippen LogP contribution >= 0.6 is 0 Å². The summed E-state index contributed by atoms with van der Waals surface area (Å²) in [6.45, 7) is 7.78. The molecule has 0 unspecified atom stereocenters. The van der Waals surface area contributed by atoms with Gasteiger partial charge in [-0.15, -0.1) is 0 Å². The summed E-state index contributed by atoms with van der Waals surface area (Å²) in [5.41, 5.74) is 7.71. The predicted molar refractivity (Wildman–Crippen MR) is 131 cm³/mol. The van der Waals surface area contributed by atoms with Crippen LogP contribution in [-0.2, 0) is 4.79 Å². The lowest BCUT2D eigenvalue weighted by atomic mass is 9.96. The van der Waals surface area contributed by atoms with E-state index in [2.05, 4.69) is 5.32 Å². The molecule has 0 bridgehead atoms. The zero-order chi connectivity index (χ0) is 23.7. The molecule has 1 amide bonds. The summed E-state index contributed by atoms with van der Waals surface area (Å²) in [5, 5.41) is 3.83. The summed E-state index contributed by atoms with van der Waals surface area (Å²) in [7, 11) is 1.60. The maximum atomic E-state index is 13.4. The van der Waals surface area contributed by atoms with Crippen molar-refractivity contribution in [3.05, 3.63) is 88.9 Å². The summed E-state index contributed by atoms with van der Waals surface area (Å²) in [4.78, 5) is 12.8. The van der Waals surface area contributed by atoms with Crippen molar-refractivity contribution in [3.8, 4) is 16.9 Å². The van der Waals surface area contributed by atoms with Gasteiger partial charge in [0.1, 0.15) is 17.1 Å². The van der Waals surface area contributed by atoms with Crippen LogP contribution in [0.15, 0.2) is 65.3 Å². The minimum Gasteiger partial charge on any atom is -0.496 e. The SMILES string of the molecule is COc1c(/C(C)=C/C(=O)Nc2ccc(C)cc2C)cc2c(-c3ccc(F)cc3)coc2c1C. The third-order valence-corrected chi connectivity index (χ3v) is 5.82. The van der Waals surface area contributed by atoms with Gasteiger partial charge in [0.25, 0.3) is 0 Å². The van der Waals surface area contributed by atoms with Crippen LogP contribution in [-0.4, -0.2) is 13.0 Å². The Morgan fingerprint density at radius 1 is 1.06 bits per heavy atom. The number of furan rings is 1. The van der Waals surface area contributed by atoms with Gasteiger partial charge in [-0.3, -0.25) is 4.79 Å². The Balaban J connectivity index is 1.75. The summed E-state index contributed by atoms with van der Waals surface area (Å²) in [6, 6.07) is 14.2. The number of carbonyl (C=O) groups is 1. The number of fused-ring (bicyclic) bond motifs is 1. The van der Waals surface area contributed by atoms with Crippen molar-refractivity contribution in [2.24, 2.45) is 0 Å². The van der Waals surface area contributed by atoms with E-state index in [0.717, 1.165) is 50.0 Å². The molecule has 0 spiro atoms. The number of methoxy groups -OCH3 is 1. The average Bonchev–Trinajstić information content (AvgIpc) is 3.20. The van der Waals surface area contributed by atoms with E-state index < -0.39 is 0 Å². The normalized spacial score (nSPS) is 11.6. The summed E-state index contributed by atoms with van der Waals surface area (Å²) in [5.74, 6) is 0.138. The van der Waals surface area contributed by atoms with E-state index in [1.807, 2.05) is 52.0 Å². The molecular formula is C28H26FNO3. The number of amides is 1. The molecule has 4 aromatic rings. The van der Waals surface area contributed by atoms with Crippen LogP contribution in [0, 0.1) is 26.6 Å². The monoisotopic (exact) mass is 443 g/mol. The quantitative estimate of drug-likeness (QED) is 0.331. The van der Waals surface area contributed by atoms with E-state index in [-0.39, 0.29) is 11.7 Å². The molecule has 5 heteroatoms. The molecule has 0 radical (unpaired) electrons. The highest BCUT2D eigenvalue weighted by atomic mass is 19.1. The van der Waals surface area contributed by atoms with Gasteiger partial charge < -0.3 is 14.5 Å². The molecule has 168 valence electrons. The van der Waals surface area contributed by atoms with Gasteiger partial charge in [0.15, 0.2) is 0 Å². The molecule has 0 aliphatic heterocycles. The fourth-order valence-electron chi connectivity index (χ4n) is 4.12. The van der Waals surface area contributed by atoms with Crippen LogP contribution < -0.4 is 10.1 Å². The fourth-order valence-corrected chi connectivity index (χ4v) is 4.12. The largest absolute Gasteiger partial charge is 0.496 e. The first-order valence-electron chi connectivity index (χ1n) is 10.7. The molecule has 4 rings (SSSR count). The summed E-state index contributed by atoms with van der Waals surface area (Å²) >= 11 is 0. The first kappa shape index (κ1) is 22.3. The lowest BCUT2D eigenvalue weighted by molar-refractivity contribution is -0.111. The second kappa shape index (κ2) is 8.94. The molecule has 1 aromatic heterocycles. The molecule has 0 saturated carbocycles. The Bertz CT molecular complexity index is 1380. The Morgan fingerprint density at radius 3 is 2.45 bits per heavy atom. The fraction of sp³-hybridized carbons (Fsp3) is 0.179. The molecule has 0 atom stereocenters. The third-order valence-electron chi connectivity index (χ3n) is 5.82. The van der Waals surface area contributed by atoms with Crippen molar-refractivity contribution < 1.29 is 18.3 Å². The molecule has 3 aromatic carbocycles. The second-order valence-electron chi connectivity index (χ2n) is 8.25. The number of carbonyl (C=O) groups excluding carboxylic acids is 1. The van der Waals surface area contributed by atoms with Crippen molar-refractivity contribution in [3.63, 3.8) is 0 Å². The number of hydrogen-bond acceptors (Lipinski definition) is 3. The molecule has 33 heavy (non-hydrogen) atoms. The second-order valence-corrected chi connectivity index (χ2v) is 8.25. The lowest BCUT2D eigenvalue weighted by Gasteiger charge is -2.14. The zero-order valence-corrected chi connectivity index (χ0v) is 19.4. The molecule has 0 aliphatic rings. The van der Waals surface area contributed by atoms with Gasteiger partial charge in [0, 0.05) is 33.8 Å². The lowest BCUT2D eigenvalue weighted by Crippen LogP contribution is -2.10. The van der Waals surface area contributed by atoms with E-state index in [0.29, 0.717) is 11.3 Å². The van der Waals surface area contributed by atoms with Crippen LogP contribution in [0.2, 0.25) is 0 Å². The highest BCUT2D eigenvalue weighted by molar-refractivity contribution is 6.06. The van der Waals surface area contributed by atoms with E-state index >= 15 is 0 Å². The summed E-state index contributed by atoms with van der Waals surface area (Å²) in [6.07, 6.45) is 3.24. The van der Waals surface area contributed by atoms with Gasteiger partial charge in [-0.1, -0.05) is 29.8 Å². The number of anilines is 1. The van der Waals surface area contributed by atoms with Crippen molar-refractivity contribution in [2.45, 2.75) is 27.7 Å². The van der Waals surface area contributed by atoms with Crippen LogP contribution in [0.4, 0.5) is 10.1 Å². The highest BCUT2D eigenvalue weighted by Crippen LogP contribution is 2.40. The molecule has 1 N–H and O–H groups in total. The minimum absolute atomic E-state index is 0.217. The van der Waals surface area contributed by atoms with Crippen LogP contribution in [0.3, 0.4) is 0 Å². The number of rotatable bonds is 5. The number of nitrogens with one attached hydrogen (secondary N) is 1. The van der Waals surface area contributed by atoms with Gasteiger partial charge in [-0.25, -0.2) is 4.39 Å². The van der Waals surface area contributed by atoms with Gasteiger partial charge in [0.2, 0.25) is 5.91 Å². The maximum absolute atomic E-state index is 13.4. The van der Waals surface area contributed by atoms with E-state index in [1.165, 1.54) is 12.1 Å². The van der Waals surface area contributed by atoms with E-state index in [4.69, 9.17) is 9.15 Å². The van der Waals surface area contributed by atoms with Crippen LogP contribution in [0.25, 0.3) is 27.7 Å². The Morgan fingerprint density at radius 2 is 1.79 bits per heavy atom. The Hall–Kier alpha value is -3.86. The molecule has 0 aliphatic carbocycles. The number of aryl methyl sites for hydroxylation is 3. The molecule has 0 saturated heterocycles. The van der Waals surface area contributed by atoms with Gasteiger partial charge in [-0.05, 0) is 68.7 Å². The number of halogens is 1. The Labute approximate surface area is 192 Å². The third kappa shape index (κ3) is 4.40. The van der Waals surface area contributed by atoms with E-state index in [9.17, 15) is 9.18 Å². The number of benzene rings is 3. The molecule has 4 nitrogen and oxygen atoms in total. The standard InChI is InChI=1S/C28H26FNO3/c1-16-6-11-25(18(3)12-16)30-26(31)13-17(2)22-14-23-24(20-7-9-21(29)10-8-20)15-33-28(23)19(4)27(22)32-5/h6-15H,1-5H3,(H,30,31)/b17-13+. The van der Waals surface area contributed by atoms with Crippen molar-refractivity contribution in [2.75, 3.05) is 12.4 Å². The average molecular weight is 444 g/mol. The topological polar surface area (TPSA) is 51.5 Å². The highest BCUT2D eigenvalue weighted by Gasteiger charge is 2.19. The number of hydrogen-bond donors (Lipinski definition) is 1. The van der Waals surface area contributed by atoms with Crippen LogP contribution in [0.5, 0.6) is 5.75 Å². The van der Waals surface area contributed by atoms with Gasteiger partial charge in [-0.2, -0.15) is 0 Å². The van der Waals surface area contributed by atoms with Gasteiger partial charge in [0.05, 0.1) is 13.4 Å². The van der Waals surface area contributed by atoms with Crippen LogP contribution in [0.1, 0.15) is 29.2 Å².